The van der Waals surface area contributed by atoms with Crippen LogP contribution in [0, 0.1) is 17.8 Å². The Balaban J connectivity index is 1.84. The van der Waals surface area contributed by atoms with Crippen LogP contribution in [0.3, 0.4) is 0 Å². The number of amides is 1. The zero-order valence-electron chi connectivity index (χ0n) is 6.99. The van der Waals surface area contributed by atoms with Gasteiger partial charge in [-0.05, 0) is 31.1 Å². The average molecular weight is 163 g/mol. The van der Waals surface area contributed by atoms with Crippen LogP contribution < -0.4 is 5.32 Å². The van der Waals surface area contributed by atoms with Crippen LogP contribution in [-0.2, 0) is 4.79 Å². The fourth-order valence-electron chi connectivity index (χ4n) is 2.59. The maximum absolute atomic E-state index is 11.1. The normalized spacial score (nSPS) is 49.2. The molecule has 3 rings (SSSR count). The molecule has 1 N–H and O–H groups in total. The first-order valence-electron chi connectivity index (χ1n) is 4.83. The summed E-state index contributed by atoms with van der Waals surface area (Å²) in [5.74, 6) is 2.20. The van der Waals surface area contributed by atoms with Crippen LogP contribution in [0.5, 0.6) is 0 Å². The van der Waals surface area contributed by atoms with Crippen LogP contribution in [0.15, 0.2) is 12.2 Å². The third kappa shape index (κ3) is 0.780. The number of hydrogen-bond acceptors (Lipinski definition) is 1. The van der Waals surface area contributed by atoms with Crippen LogP contribution in [0.1, 0.15) is 19.3 Å². The summed E-state index contributed by atoms with van der Waals surface area (Å²) in [6.07, 6.45) is 8.16. The highest BCUT2D eigenvalue weighted by molar-refractivity contribution is 5.87. The summed E-state index contributed by atoms with van der Waals surface area (Å²) in [5.41, 5.74) is 0. The van der Waals surface area contributed by atoms with Gasteiger partial charge >= 0.3 is 0 Å². The Morgan fingerprint density at radius 3 is 3.25 bits per heavy atom. The topological polar surface area (TPSA) is 29.1 Å². The second-order valence-electron chi connectivity index (χ2n) is 4.23. The van der Waals surface area contributed by atoms with E-state index in [0.717, 1.165) is 11.8 Å². The minimum atomic E-state index is 0.222. The summed E-state index contributed by atoms with van der Waals surface area (Å²) < 4.78 is 0. The molecule has 1 amide bonds. The summed E-state index contributed by atoms with van der Waals surface area (Å²) >= 11 is 0. The van der Waals surface area contributed by atoms with E-state index in [4.69, 9.17) is 0 Å². The van der Waals surface area contributed by atoms with E-state index < -0.39 is 0 Å². The van der Waals surface area contributed by atoms with Crippen LogP contribution >= 0.6 is 0 Å². The Kier molecular flexibility index (Phi) is 1.18. The molecule has 0 spiro atoms. The molecule has 1 saturated heterocycles. The van der Waals surface area contributed by atoms with Crippen LogP contribution in [0.25, 0.3) is 0 Å². The highest BCUT2D eigenvalue weighted by atomic mass is 16.2. The molecule has 2 fully saturated rings. The lowest BCUT2D eigenvalue weighted by atomic mass is 9.84. The maximum atomic E-state index is 11.1. The molecule has 0 aromatic heterocycles. The number of nitrogens with one attached hydrogen (secondary N) is 1. The van der Waals surface area contributed by atoms with E-state index in [-0.39, 0.29) is 11.8 Å². The fourth-order valence-corrected chi connectivity index (χ4v) is 2.59. The first kappa shape index (κ1) is 6.70. The van der Waals surface area contributed by atoms with E-state index >= 15 is 0 Å². The average Bonchev–Trinajstić information content (AvgIpc) is 2.75. The molecule has 2 nitrogen and oxygen atoms in total. The molecule has 1 saturated carbocycles. The predicted octanol–water partition coefficient (Wildman–Crippen LogP) is 1.09. The number of rotatable bonds is 0. The monoisotopic (exact) mass is 163 g/mol. The lowest BCUT2D eigenvalue weighted by molar-refractivity contribution is -0.133. The second kappa shape index (κ2) is 2.12. The molecule has 0 aromatic carbocycles. The summed E-state index contributed by atoms with van der Waals surface area (Å²) in [5, 5.41) is 3.01. The second-order valence-corrected chi connectivity index (χ2v) is 4.23. The first-order chi connectivity index (χ1) is 5.86. The quantitative estimate of drug-likeness (QED) is 0.420. The smallest absolute Gasteiger partial charge is 0.229 e. The molecular formula is C10H13NO. The third-order valence-electron chi connectivity index (χ3n) is 3.48. The summed E-state index contributed by atoms with van der Waals surface area (Å²) in [6.45, 7) is 0. The van der Waals surface area contributed by atoms with Gasteiger partial charge in [-0.15, -0.1) is 0 Å². The summed E-state index contributed by atoms with van der Waals surface area (Å²) in [7, 11) is 0. The molecule has 64 valence electrons. The minimum Gasteiger partial charge on any atom is -0.351 e. The Bertz CT molecular complexity index is 259. The van der Waals surface area contributed by atoms with Crippen molar-refractivity contribution >= 4 is 5.91 Å². The van der Waals surface area contributed by atoms with Gasteiger partial charge in [0.15, 0.2) is 0 Å². The van der Waals surface area contributed by atoms with Crippen molar-refractivity contribution in [3.05, 3.63) is 12.2 Å². The zero-order valence-corrected chi connectivity index (χ0v) is 6.99. The van der Waals surface area contributed by atoms with Gasteiger partial charge in [-0.1, -0.05) is 12.2 Å². The largest absolute Gasteiger partial charge is 0.351 e. The molecule has 4 atom stereocenters. The number of β-lactam (4-membered cyclic amide) rings is 1. The number of allylic oxidation sites excluding steroid dienone is 1. The Morgan fingerprint density at radius 1 is 1.50 bits per heavy atom. The molecule has 1 aliphatic heterocycles. The molecule has 2 heteroatoms. The van der Waals surface area contributed by atoms with E-state index in [9.17, 15) is 4.79 Å². The third-order valence-corrected chi connectivity index (χ3v) is 3.48. The molecule has 0 aromatic rings. The number of hydrogen-bond donors (Lipinski definition) is 1. The standard InChI is InChI=1S/C10H13NO/c12-10-7-4-2-1-3-6-5-8(6)9(7)11-10/h2,4,6-9H,1,3,5H2,(H,11,12)/t6-,7-,8+,9-/m1/s1. The van der Waals surface area contributed by atoms with E-state index in [1.54, 1.807) is 0 Å². The predicted molar refractivity (Wildman–Crippen MR) is 45.4 cm³/mol. The highest BCUT2D eigenvalue weighted by Crippen LogP contribution is 2.49. The SMILES string of the molecule is O=C1N[C@H]2[C@H]3C[C@H]3CCC=C[C@@H]12. The van der Waals surface area contributed by atoms with Gasteiger partial charge < -0.3 is 5.32 Å². The van der Waals surface area contributed by atoms with Crippen molar-refractivity contribution < 1.29 is 4.79 Å². The van der Waals surface area contributed by atoms with Crippen molar-refractivity contribution in [3.8, 4) is 0 Å². The van der Waals surface area contributed by atoms with E-state index in [0.29, 0.717) is 6.04 Å². The lowest BCUT2D eigenvalue weighted by Crippen LogP contribution is -2.58. The van der Waals surface area contributed by atoms with E-state index in [1.165, 1.54) is 19.3 Å². The Hall–Kier alpha value is -0.790. The van der Waals surface area contributed by atoms with Crippen LogP contribution in [-0.4, -0.2) is 11.9 Å². The van der Waals surface area contributed by atoms with Crippen LogP contribution in [0.4, 0.5) is 0 Å². The number of carbonyl (C=O) groups excluding carboxylic acids is 1. The molecule has 1 heterocycles. The van der Waals surface area contributed by atoms with Crippen molar-refractivity contribution in [2.45, 2.75) is 25.3 Å². The van der Waals surface area contributed by atoms with Gasteiger partial charge in [0.25, 0.3) is 0 Å². The minimum absolute atomic E-state index is 0.222. The fraction of sp³-hybridized carbons (Fsp3) is 0.700. The molecule has 3 aliphatic rings. The van der Waals surface area contributed by atoms with Crippen molar-refractivity contribution in [2.75, 3.05) is 0 Å². The molecule has 0 bridgehead atoms. The zero-order chi connectivity index (χ0) is 8.13. The lowest BCUT2D eigenvalue weighted by Gasteiger charge is -2.36. The van der Waals surface area contributed by atoms with Gasteiger partial charge in [0.1, 0.15) is 0 Å². The maximum Gasteiger partial charge on any atom is 0.229 e. The van der Waals surface area contributed by atoms with Crippen molar-refractivity contribution in [3.63, 3.8) is 0 Å². The van der Waals surface area contributed by atoms with Gasteiger partial charge in [-0.2, -0.15) is 0 Å². The van der Waals surface area contributed by atoms with Gasteiger partial charge in [0.2, 0.25) is 5.91 Å². The first-order valence-corrected chi connectivity index (χ1v) is 4.83. The van der Waals surface area contributed by atoms with E-state index in [1.807, 2.05) is 0 Å². The van der Waals surface area contributed by atoms with Crippen molar-refractivity contribution in [1.82, 2.24) is 5.32 Å². The van der Waals surface area contributed by atoms with Crippen LogP contribution in [0.2, 0.25) is 0 Å². The number of fused-ring (bicyclic) bond motifs is 3. The molecule has 2 aliphatic carbocycles. The van der Waals surface area contributed by atoms with E-state index in [2.05, 4.69) is 17.5 Å². The van der Waals surface area contributed by atoms with Gasteiger partial charge in [0.05, 0.1) is 5.92 Å². The summed E-state index contributed by atoms with van der Waals surface area (Å²) in [4.78, 5) is 11.1. The number of carbonyl (C=O) groups is 1. The molecule has 12 heavy (non-hydrogen) atoms. The Morgan fingerprint density at radius 2 is 2.42 bits per heavy atom. The molecular weight excluding hydrogens is 150 g/mol. The van der Waals surface area contributed by atoms with Crippen molar-refractivity contribution in [2.24, 2.45) is 17.8 Å². The summed E-state index contributed by atoms with van der Waals surface area (Å²) in [6, 6.07) is 0.499. The van der Waals surface area contributed by atoms with Crippen molar-refractivity contribution in [1.29, 1.82) is 0 Å². The van der Waals surface area contributed by atoms with Gasteiger partial charge in [-0.3, -0.25) is 4.79 Å². The van der Waals surface area contributed by atoms with Gasteiger partial charge in [0, 0.05) is 6.04 Å². The molecule has 0 radical (unpaired) electrons. The van der Waals surface area contributed by atoms with Gasteiger partial charge in [-0.25, -0.2) is 0 Å². The Labute approximate surface area is 72.0 Å². The highest BCUT2D eigenvalue weighted by Gasteiger charge is 2.52. The molecule has 0 unspecified atom stereocenters.